The first kappa shape index (κ1) is 23.1. The van der Waals surface area contributed by atoms with Crippen LogP contribution in [0.4, 0.5) is 5.82 Å². The molecule has 2 heterocycles. The van der Waals surface area contributed by atoms with E-state index in [-0.39, 0.29) is 0 Å². The summed E-state index contributed by atoms with van der Waals surface area (Å²) in [4.78, 5) is 14.5. The van der Waals surface area contributed by atoms with Crippen LogP contribution in [0.3, 0.4) is 0 Å². The summed E-state index contributed by atoms with van der Waals surface area (Å²) < 4.78 is 5.68. The van der Waals surface area contributed by atoms with E-state index in [2.05, 4.69) is 84.6 Å². The minimum atomic E-state index is 0.658. The molecule has 35 heavy (non-hydrogen) atoms. The summed E-state index contributed by atoms with van der Waals surface area (Å²) >= 11 is 1.74. The molecule has 0 atom stereocenters. The van der Waals surface area contributed by atoms with Gasteiger partial charge in [0.1, 0.15) is 22.2 Å². The summed E-state index contributed by atoms with van der Waals surface area (Å²) in [6, 6.07) is 29.6. The number of rotatable bonds is 8. The second kappa shape index (κ2) is 10.3. The smallest absolute Gasteiger partial charge is 0.142 e. The Morgan fingerprint density at radius 2 is 1.37 bits per heavy atom. The van der Waals surface area contributed by atoms with Crippen LogP contribution in [0, 0.1) is 13.8 Å². The fraction of sp³-hybridized carbons (Fsp3) is 0.200. The molecule has 4 nitrogen and oxygen atoms in total. The van der Waals surface area contributed by atoms with E-state index >= 15 is 0 Å². The Labute approximate surface area is 210 Å². The van der Waals surface area contributed by atoms with Gasteiger partial charge >= 0.3 is 0 Å². The van der Waals surface area contributed by atoms with Crippen molar-refractivity contribution in [3.63, 3.8) is 0 Å². The summed E-state index contributed by atoms with van der Waals surface area (Å²) in [6.07, 6.45) is 0. The molecule has 0 aliphatic carbocycles. The highest BCUT2D eigenvalue weighted by Crippen LogP contribution is 2.42. The van der Waals surface area contributed by atoms with Crippen LogP contribution in [0.5, 0.6) is 5.75 Å². The molecule has 0 aliphatic heterocycles. The average molecular weight is 480 g/mol. The summed E-state index contributed by atoms with van der Waals surface area (Å²) in [7, 11) is 0. The lowest BCUT2D eigenvalue weighted by atomic mass is 10.0. The highest BCUT2D eigenvalue weighted by Gasteiger charge is 2.22. The van der Waals surface area contributed by atoms with Gasteiger partial charge < -0.3 is 9.64 Å². The van der Waals surface area contributed by atoms with Crippen LogP contribution in [0.2, 0.25) is 0 Å². The molecule has 2 aromatic heterocycles. The number of anilines is 1. The quantitative estimate of drug-likeness (QED) is 0.230. The molecular formula is C30H29N3OS. The number of benzene rings is 3. The van der Waals surface area contributed by atoms with Crippen LogP contribution < -0.4 is 9.64 Å². The predicted molar refractivity (Wildman–Crippen MR) is 146 cm³/mol. The largest absolute Gasteiger partial charge is 0.494 e. The normalized spacial score (nSPS) is 11.1. The maximum Gasteiger partial charge on any atom is 0.142 e. The molecule has 5 heteroatoms. The fourth-order valence-corrected chi connectivity index (χ4v) is 5.56. The summed E-state index contributed by atoms with van der Waals surface area (Å²) in [6.45, 7) is 8.35. The average Bonchev–Trinajstić information content (AvgIpc) is 3.20. The molecule has 0 saturated heterocycles. The van der Waals surface area contributed by atoms with Crippen molar-refractivity contribution in [1.82, 2.24) is 9.97 Å². The van der Waals surface area contributed by atoms with Gasteiger partial charge in [-0.3, -0.25) is 0 Å². The van der Waals surface area contributed by atoms with Crippen molar-refractivity contribution >= 4 is 27.4 Å². The molecule has 176 valence electrons. The first-order valence-corrected chi connectivity index (χ1v) is 12.8. The lowest BCUT2D eigenvalue weighted by Gasteiger charge is -2.26. The van der Waals surface area contributed by atoms with Crippen molar-refractivity contribution in [2.45, 2.75) is 33.9 Å². The fourth-order valence-electron chi connectivity index (χ4n) is 4.47. The molecule has 0 saturated carbocycles. The van der Waals surface area contributed by atoms with Gasteiger partial charge in [-0.1, -0.05) is 72.8 Å². The number of aryl methyl sites for hydroxylation is 2. The molecule has 5 rings (SSSR count). The minimum absolute atomic E-state index is 0.658. The third-order valence-electron chi connectivity index (χ3n) is 6.01. The van der Waals surface area contributed by atoms with Gasteiger partial charge in [-0.25, -0.2) is 9.97 Å². The predicted octanol–water partition coefficient (Wildman–Crippen LogP) is 7.58. The van der Waals surface area contributed by atoms with Gasteiger partial charge in [0, 0.05) is 23.5 Å². The van der Waals surface area contributed by atoms with Gasteiger partial charge in [-0.05, 0) is 49.6 Å². The van der Waals surface area contributed by atoms with E-state index in [0.29, 0.717) is 6.61 Å². The SMILES string of the molecule is CCOc1ccc(-c2c(C)sc3nc(C)nc(N(Cc4ccccc4)Cc4ccccc4)c23)cc1. The molecule has 0 unspecified atom stereocenters. The van der Waals surface area contributed by atoms with E-state index in [4.69, 9.17) is 14.7 Å². The minimum Gasteiger partial charge on any atom is -0.494 e. The van der Waals surface area contributed by atoms with E-state index in [1.807, 2.05) is 26.0 Å². The zero-order valence-corrected chi connectivity index (χ0v) is 21.2. The van der Waals surface area contributed by atoms with Crippen LogP contribution in [-0.4, -0.2) is 16.6 Å². The highest BCUT2D eigenvalue weighted by molar-refractivity contribution is 7.19. The Balaban J connectivity index is 1.67. The van der Waals surface area contributed by atoms with Crippen LogP contribution in [0.1, 0.15) is 28.8 Å². The van der Waals surface area contributed by atoms with E-state index in [1.54, 1.807) is 11.3 Å². The molecule has 0 fully saturated rings. The van der Waals surface area contributed by atoms with Crippen LogP contribution >= 0.6 is 11.3 Å². The Morgan fingerprint density at radius 3 is 1.94 bits per heavy atom. The zero-order valence-electron chi connectivity index (χ0n) is 20.4. The van der Waals surface area contributed by atoms with Crippen molar-refractivity contribution in [3.8, 4) is 16.9 Å². The second-order valence-corrected chi connectivity index (χ2v) is 9.80. The number of hydrogen-bond acceptors (Lipinski definition) is 5. The number of thiophene rings is 1. The van der Waals surface area contributed by atoms with Gasteiger partial charge in [0.05, 0.1) is 12.0 Å². The Hall–Kier alpha value is -3.70. The monoisotopic (exact) mass is 479 g/mol. The first-order chi connectivity index (χ1) is 17.1. The second-order valence-electron chi connectivity index (χ2n) is 8.59. The number of aromatic nitrogens is 2. The first-order valence-electron chi connectivity index (χ1n) is 12.0. The van der Waals surface area contributed by atoms with Crippen molar-refractivity contribution in [2.75, 3.05) is 11.5 Å². The Morgan fingerprint density at radius 1 is 0.771 bits per heavy atom. The molecule has 0 radical (unpaired) electrons. The van der Waals surface area contributed by atoms with Gasteiger partial charge in [-0.2, -0.15) is 0 Å². The van der Waals surface area contributed by atoms with Gasteiger partial charge in [-0.15, -0.1) is 11.3 Å². The van der Waals surface area contributed by atoms with Crippen LogP contribution in [0.15, 0.2) is 84.9 Å². The van der Waals surface area contributed by atoms with Gasteiger partial charge in [0.25, 0.3) is 0 Å². The standard InChI is InChI=1S/C30H29N3OS/c1-4-34-26-17-15-25(16-18-26)27-21(2)35-30-28(27)29(31-22(3)32-30)33(19-23-11-7-5-8-12-23)20-24-13-9-6-10-14-24/h5-18H,4,19-20H2,1-3H3. The molecule has 3 aromatic carbocycles. The van der Waals surface area contributed by atoms with Gasteiger partial charge in [0.15, 0.2) is 0 Å². The van der Waals surface area contributed by atoms with Crippen LogP contribution in [0.25, 0.3) is 21.3 Å². The van der Waals surface area contributed by atoms with E-state index in [1.165, 1.54) is 21.6 Å². The summed E-state index contributed by atoms with van der Waals surface area (Å²) in [5, 5.41) is 1.12. The zero-order chi connectivity index (χ0) is 24.2. The lowest BCUT2D eigenvalue weighted by molar-refractivity contribution is 0.340. The number of hydrogen-bond donors (Lipinski definition) is 0. The molecule has 0 amide bonds. The van der Waals surface area contributed by atoms with Crippen molar-refractivity contribution in [3.05, 3.63) is 107 Å². The maximum atomic E-state index is 5.68. The van der Waals surface area contributed by atoms with Crippen LogP contribution in [-0.2, 0) is 13.1 Å². The molecule has 0 bridgehead atoms. The Kier molecular flexibility index (Phi) is 6.77. The topological polar surface area (TPSA) is 38.3 Å². The maximum absolute atomic E-state index is 5.68. The molecular weight excluding hydrogens is 450 g/mol. The van der Waals surface area contributed by atoms with Crippen molar-refractivity contribution < 1.29 is 4.74 Å². The number of ether oxygens (including phenoxy) is 1. The van der Waals surface area contributed by atoms with E-state index in [0.717, 1.165) is 46.3 Å². The molecule has 0 spiro atoms. The molecule has 0 aliphatic rings. The number of nitrogens with zero attached hydrogens (tertiary/aromatic N) is 3. The van der Waals surface area contributed by atoms with Crippen molar-refractivity contribution in [1.29, 1.82) is 0 Å². The summed E-state index contributed by atoms with van der Waals surface area (Å²) in [5.41, 5.74) is 4.87. The lowest BCUT2D eigenvalue weighted by Crippen LogP contribution is -2.24. The third-order valence-corrected chi connectivity index (χ3v) is 7.01. The van der Waals surface area contributed by atoms with E-state index < -0.39 is 0 Å². The van der Waals surface area contributed by atoms with Gasteiger partial charge in [0.2, 0.25) is 0 Å². The van der Waals surface area contributed by atoms with Crippen molar-refractivity contribution in [2.24, 2.45) is 0 Å². The third kappa shape index (κ3) is 5.05. The number of fused-ring (bicyclic) bond motifs is 1. The Bertz CT molecular complexity index is 1370. The van der Waals surface area contributed by atoms with E-state index in [9.17, 15) is 0 Å². The summed E-state index contributed by atoms with van der Waals surface area (Å²) in [5.74, 6) is 2.65. The highest BCUT2D eigenvalue weighted by atomic mass is 32.1. The molecule has 5 aromatic rings. The molecule has 0 N–H and O–H groups in total.